The molecule has 3 N–H and O–H groups in total. The van der Waals surface area contributed by atoms with Crippen molar-refractivity contribution in [2.24, 2.45) is 7.05 Å². The van der Waals surface area contributed by atoms with Crippen molar-refractivity contribution in [2.75, 3.05) is 13.7 Å². The van der Waals surface area contributed by atoms with Gasteiger partial charge in [-0.1, -0.05) is 6.92 Å². The van der Waals surface area contributed by atoms with E-state index in [1.807, 2.05) is 17.8 Å². The number of halogens is 3. The third-order valence-corrected chi connectivity index (χ3v) is 4.28. The highest BCUT2D eigenvalue weighted by molar-refractivity contribution is 5.96. The number of alkyl halides is 3. The molecule has 1 atom stereocenters. The Morgan fingerprint density at radius 1 is 1.23 bits per heavy atom. The number of aryl methyl sites for hydroxylation is 1. The third kappa shape index (κ3) is 5.45. The number of aliphatic hydroxyl groups is 1. The minimum atomic E-state index is -5.19. The molecule has 0 saturated carbocycles. The molecule has 0 aliphatic rings. The highest BCUT2D eigenvalue weighted by atomic mass is 19.4. The van der Waals surface area contributed by atoms with E-state index in [2.05, 4.69) is 4.98 Å². The van der Waals surface area contributed by atoms with Gasteiger partial charge in [0.15, 0.2) is 17.3 Å². The molecule has 31 heavy (non-hydrogen) atoms. The standard InChI is InChI=1S/C19H23F3N4O5/c1-4-9-31-13-6-5-12(10-14(13)30-3)16(28)25-24-15(27)11-18(29,19(20,21)22)17-23-7-8-26(17)2/h5-8,10,29H,4,9,11H2,1-3H3,(H,24,27)(H,25,28). The lowest BCUT2D eigenvalue weighted by molar-refractivity contribution is -0.271. The summed E-state index contributed by atoms with van der Waals surface area (Å²) < 4.78 is 52.0. The Balaban J connectivity index is 2.08. The van der Waals surface area contributed by atoms with Crippen LogP contribution in [0, 0.1) is 0 Å². The molecule has 2 rings (SSSR count). The summed E-state index contributed by atoms with van der Waals surface area (Å²) in [5, 5.41) is 10.2. The van der Waals surface area contributed by atoms with Crippen LogP contribution in [-0.2, 0) is 17.4 Å². The number of carbonyl (C=O) groups excluding carboxylic acids is 2. The zero-order chi connectivity index (χ0) is 23.2. The molecule has 0 bridgehead atoms. The van der Waals surface area contributed by atoms with Gasteiger partial charge in [-0.2, -0.15) is 13.2 Å². The minimum absolute atomic E-state index is 0.0659. The molecule has 0 spiro atoms. The SMILES string of the molecule is CCCOc1ccc(C(=O)NNC(=O)CC(O)(c2nccn2C)C(F)(F)F)cc1OC. The molecule has 1 unspecified atom stereocenters. The van der Waals surface area contributed by atoms with Gasteiger partial charge >= 0.3 is 6.18 Å². The van der Waals surface area contributed by atoms with Crippen LogP contribution >= 0.6 is 0 Å². The Morgan fingerprint density at radius 3 is 2.48 bits per heavy atom. The highest BCUT2D eigenvalue weighted by Crippen LogP contribution is 2.40. The number of imidazole rings is 1. The van der Waals surface area contributed by atoms with E-state index >= 15 is 0 Å². The molecule has 0 radical (unpaired) electrons. The first-order valence-electron chi connectivity index (χ1n) is 9.20. The zero-order valence-electron chi connectivity index (χ0n) is 17.1. The van der Waals surface area contributed by atoms with Crippen molar-refractivity contribution in [3.05, 3.63) is 42.0 Å². The number of amides is 2. The van der Waals surface area contributed by atoms with Gasteiger partial charge in [-0.3, -0.25) is 20.4 Å². The van der Waals surface area contributed by atoms with Crippen molar-refractivity contribution in [3.63, 3.8) is 0 Å². The second-order valence-electron chi connectivity index (χ2n) is 6.61. The molecule has 9 nitrogen and oxygen atoms in total. The lowest BCUT2D eigenvalue weighted by Crippen LogP contribution is -2.50. The van der Waals surface area contributed by atoms with Gasteiger partial charge in [-0.15, -0.1) is 0 Å². The predicted molar refractivity (Wildman–Crippen MR) is 102 cm³/mol. The molecule has 2 aromatic rings. The third-order valence-electron chi connectivity index (χ3n) is 4.28. The van der Waals surface area contributed by atoms with Crippen molar-refractivity contribution >= 4 is 11.8 Å². The van der Waals surface area contributed by atoms with Gasteiger partial charge in [-0.05, 0) is 24.6 Å². The van der Waals surface area contributed by atoms with Gasteiger partial charge in [0.05, 0.1) is 20.1 Å². The first-order chi connectivity index (χ1) is 14.5. The number of hydrazine groups is 1. The van der Waals surface area contributed by atoms with E-state index in [0.29, 0.717) is 12.4 Å². The summed E-state index contributed by atoms with van der Waals surface area (Å²) in [7, 11) is 2.63. The van der Waals surface area contributed by atoms with Crippen LogP contribution in [0.3, 0.4) is 0 Å². The minimum Gasteiger partial charge on any atom is -0.493 e. The number of rotatable bonds is 8. The Bertz CT molecular complexity index is 932. The summed E-state index contributed by atoms with van der Waals surface area (Å²) in [6, 6.07) is 4.25. The average molecular weight is 444 g/mol. The summed E-state index contributed by atoms with van der Waals surface area (Å²) in [4.78, 5) is 27.8. The summed E-state index contributed by atoms with van der Waals surface area (Å²) in [6.07, 6.45) is -3.57. The van der Waals surface area contributed by atoms with E-state index < -0.39 is 35.8 Å². The normalized spacial score (nSPS) is 13.3. The zero-order valence-corrected chi connectivity index (χ0v) is 17.1. The number of benzene rings is 1. The molecule has 0 saturated heterocycles. The molecule has 0 aliphatic carbocycles. The lowest BCUT2D eigenvalue weighted by atomic mass is 9.97. The molecule has 12 heteroatoms. The van der Waals surface area contributed by atoms with E-state index in [1.165, 1.54) is 38.6 Å². The van der Waals surface area contributed by atoms with Crippen LogP contribution in [0.25, 0.3) is 0 Å². The van der Waals surface area contributed by atoms with Crippen LogP contribution in [-0.4, -0.2) is 46.4 Å². The van der Waals surface area contributed by atoms with Crippen molar-refractivity contribution in [2.45, 2.75) is 31.5 Å². The molecular weight excluding hydrogens is 421 g/mol. The van der Waals surface area contributed by atoms with Gasteiger partial charge < -0.3 is 19.1 Å². The van der Waals surface area contributed by atoms with E-state index in [0.717, 1.165) is 17.2 Å². The summed E-state index contributed by atoms with van der Waals surface area (Å²) in [6.45, 7) is 2.36. The number of methoxy groups -OCH3 is 1. The van der Waals surface area contributed by atoms with Crippen LogP contribution in [0.5, 0.6) is 11.5 Å². The number of nitrogens with one attached hydrogen (secondary N) is 2. The smallest absolute Gasteiger partial charge is 0.425 e. The predicted octanol–water partition coefficient (Wildman–Crippen LogP) is 1.82. The first kappa shape index (κ1) is 24.0. The van der Waals surface area contributed by atoms with Gasteiger partial charge in [0.25, 0.3) is 5.91 Å². The van der Waals surface area contributed by atoms with Crippen molar-refractivity contribution in [3.8, 4) is 11.5 Å². The number of ether oxygens (including phenoxy) is 2. The fourth-order valence-electron chi connectivity index (χ4n) is 2.69. The molecule has 1 heterocycles. The fourth-order valence-corrected chi connectivity index (χ4v) is 2.69. The summed E-state index contributed by atoms with van der Waals surface area (Å²) in [5.41, 5.74) is 0.401. The Hall–Kier alpha value is -3.28. The Morgan fingerprint density at radius 2 is 1.94 bits per heavy atom. The van der Waals surface area contributed by atoms with Crippen LogP contribution in [0.15, 0.2) is 30.6 Å². The van der Waals surface area contributed by atoms with Crippen LogP contribution < -0.4 is 20.3 Å². The lowest BCUT2D eigenvalue weighted by Gasteiger charge is -2.29. The second kappa shape index (κ2) is 9.69. The van der Waals surface area contributed by atoms with E-state index in [1.54, 1.807) is 0 Å². The molecule has 170 valence electrons. The molecule has 1 aromatic heterocycles. The number of hydrogen-bond donors (Lipinski definition) is 3. The van der Waals surface area contributed by atoms with Gasteiger partial charge in [0.1, 0.15) is 0 Å². The van der Waals surface area contributed by atoms with Crippen LogP contribution in [0.2, 0.25) is 0 Å². The van der Waals surface area contributed by atoms with Gasteiger partial charge in [0, 0.05) is 25.0 Å². The maximum atomic E-state index is 13.5. The highest BCUT2D eigenvalue weighted by Gasteiger charge is 2.58. The van der Waals surface area contributed by atoms with E-state index in [9.17, 15) is 27.9 Å². The van der Waals surface area contributed by atoms with Crippen molar-refractivity contribution in [1.82, 2.24) is 20.4 Å². The Labute approximate surface area is 176 Å². The quantitative estimate of drug-likeness (QED) is 0.535. The molecule has 2 amide bonds. The summed E-state index contributed by atoms with van der Waals surface area (Å²) in [5.74, 6) is -2.15. The van der Waals surface area contributed by atoms with Gasteiger partial charge in [-0.25, -0.2) is 4.98 Å². The number of carbonyl (C=O) groups is 2. The van der Waals surface area contributed by atoms with Crippen LogP contribution in [0.1, 0.15) is 35.9 Å². The number of aromatic nitrogens is 2. The topological polar surface area (TPSA) is 115 Å². The van der Waals surface area contributed by atoms with Crippen molar-refractivity contribution < 1.29 is 37.3 Å². The molecular formula is C19H23F3N4O5. The monoisotopic (exact) mass is 444 g/mol. The molecule has 0 aliphatic heterocycles. The number of nitrogens with zero attached hydrogens (tertiary/aromatic N) is 2. The average Bonchev–Trinajstić information content (AvgIpc) is 3.15. The first-order valence-corrected chi connectivity index (χ1v) is 9.20. The summed E-state index contributed by atoms with van der Waals surface area (Å²) >= 11 is 0. The van der Waals surface area contributed by atoms with Crippen molar-refractivity contribution in [1.29, 1.82) is 0 Å². The number of hydrogen-bond acceptors (Lipinski definition) is 6. The second-order valence-corrected chi connectivity index (χ2v) is 6.61. The maximum absolute atomic E-state index is 13.5. The maximum Gasteiger partial charge on any atom is 0.425 e. The largest absolute Gasteiger partial charge is 0.493 e. The van der Waals surface area contributed by atoms with E-state index in [-0.39, 0.29) is 11.3 Å². The van der Waals surface area contributed by atoms with Crippen LogP contribution in [0.4, 0.5) is 13.2 Å². The van der Waals surface area contributed by atoms with Gasteiger partial charge in [0.2, 0.25) is 11.5 Å². The Kier molecular flexibility index (Phi) is 7.50. The molecule has 1 aromatic carbocycles. The van der Waals surface area contributed by atoms with E-state index in [4.69, 9.17) is 9.47 Å². The fraction of sp³-hybridized carbons (Fsp3) is 0.421. The molecule has 0 fully saturated rings.